The summed E-state index contributed by atoms with van der Waals surface area (Å²) in [6, 6.07) is 0. The number of carbonyl (C=O) groups is 2. The molecule has 8 N–H and O–H groups in total. The number of hydrogen-bond donors (Lipinski definition) is 8. The van der Waals surface area contributed by atoms with Gasteiger partial charge >= 0.3 is 6.16 Å². The Hall–Kier alpha value is -0.960. The van der Waals surface area contributed by atoms with E-state index in [9.17, 15) is 35.1 Å². The van der Waals surface area contributed by atoms with E-state index < -0.39 is 65.2 Å². The minimum Gasteiger partial charge on any atom is -0.467 e. The number of aliphatic hydroxyl groups is 6. The number of aldehydes is 1. The molecule has 0 aliphatic rings. The van der Waals surface area contributed by atoms with E-state index >= 15 is 0 Å². The third kappa shape index (κ3) is 7.89. The maximum Gasteiger partial charge on any atom is 0.506 e. The van der Waals surface area contributed by atoms with E-state index in [1.165, 1.54) is 0 Å². The van der Waals surface area contributed by atoms with E-state index in [-0.39, 0.29) is 6.29 Å². The first-order valence-electron chi connectivity index (χ1n) is 6.96. The summed E-state index contributed by atoms with van der Waals surface area (Å²) >= 11 is 16.1. The van der Waals surface area contributed by atoms with Crippen molar-refractivity contribution in [2.75, 3.05) is 6.61 Å². The molecule has 0 saturated carbocycles. The predicted molar refractivity (Wildman–Crippen MR) is 89.0 cm³/mol. The van der Waals surface area contributed by atoms with Gasteiger partial charge in [0, 0.05) is 0 Å². The second-order valence-electron chi connectivity index (χ2n) is 5.11. The van der Waals surface area contributed by atoms with Crippen LogP contribution in [0.15, 0.2) is 0 Å². The zero-order valence-electron chi connectivity index (χ0n) is 13.2. The molecule has 0 radical (unpaired) electrons. The molecule has 0 amide bonds. The Bertz CT molecular complexity index is 517. The number of carboxylic acid groups (broad SMARTS) is 1. The van der Waals surface area contributed by atoms with Crippen molar-refractivity contribution in [3.05, 3.63) is 0 Å². The highest BCUT2D eigenvalue weighted by Crippen LogP contribution is 2.29. The number of alkyl halides is 3. The lowest BCUT2D eigenvalue weighted by Gasteiger charge is -2.34. The van der Waals surface area contributed by atoms with E-state index in [4.69, 9.17) is 55.2 Å². The molecule has 27 heavy (non-hydrogen) atoms. The van der Waals surface area contributed by atoms with E-state index in [1.807, 2.05) is 0 Å². The summed E-state index contributed by atoms with van der Waals surface area (Å²) in [4.78, 5) is 21.7. The van der Waals surface area contributed by atoms with Gasteiger partial charge in [0.25, 0.3) is 3.79 Å². The molecule has 12 nitrogen and oxygen atoms in total. The van der Waals surface area contributed by atoms with Gasteiger partial charge in [-0.25, -0.2) is 4.79 Å². The highest BCUT2D eigenvalue weighted by Gasteiger charge is 2.45. The van der Waals surface area contributed by atoms with Crippen molar-refractivity contribution in [2.45, 2.75) is 46.5 Å². The van der Waals surface area contributed by atoms with E-state index in [1.54, 1.807) is 0 Å². The van der Waals surface area contributed by atoms with Gasteiger partial charge in [0.1, 0.15) is 30.5 Å². The molecule has 7 unspecified atom stereocenters. The zero-order chi connectivity index (χ0) is 21.5. The summed E-state index contributed by atoms with van der Waals surface area (Å²) in [5, 5.41) is 73.5. The molecule has 0 aromatic carbocycles. The van der Waals surface area contributed by atoms with Gasteiger partial charge in [-0.05, 0) is 0 Å². The van der Waals surface area contributed by atoms with E-state index in [0.29, 0.717) is 0 Å². The van der Waals surface area contributed by atoms with Crippen LogP contribution in [0.5, 0.6) is 0 Å². The lowest BCUT2D eigenvalue weighted by Crippen LogP contribution is -2.57. The van der Waals surface area contributed by atoms with Gasteiger partial charge in [0.05, 0.1) is 6.61 Å². The van der Waals surface area contributed by atoms with Crippen LogP contribution in [0.4, 0.5) is 4.79 Å². The fourth-order valence-electron chi connectivity index (χ4n) is 1.76. The van der Waals surface area contributed by atoms with E-state index in [2.05, 4.69) is 4.74 Å². The Labute approximate surface area is 166 Å². The topological polar surface area (TPSA) is 218 Å². The minimum atomic E-state index is -2.51. The van der Waals surface area contributed by atoms with Crippen LogP contribution in [0.1, 0.15) is 0 Å². The number of hydrogen-bond acceptors (Lipinski definition) is 11. The predicted octanol–water partition coefficient (Wildman–Crippen LogP) is -2.22. The number of aliphatic hydroxyl groups excluding tert-OH is 6. The van der Waals surface area contributed by atoms with Crippen LogP contribution >= 0.6 is 34.8 Å². The summed E-state index contributed by atoms with van der Waals surface area (Å²) in [5.74, 6) is -1.20. The largest absolute Gasteiger partial charge is 0.506 e. The van der Waals surface area contributed by atoms with Crippen molar-refractivity contribution in [3.63, 3.8) is 0 Å². The molecule has 0 spiro atoms. The normalized spacial score (nSPS) is 19.7. The van der Waals surface area contributed by atoms with Gasteiger partial charge in [-0.15, -0.1) is 0 Å². The first kappa shape index (κ1) is 26.0. The molecule has 0 aromatic rings. The number of nitrogens with one attached hydrogen (secondary N) is 1. The Morgan fingerprint density at radius 1 is 1.00 bits per heavy atom. The summed E-state index contributed by atoms with van der Waals surface area (Å²) < 4.78 is 6.36. The average Bonchev–Trinajstić information content (AvgIpc) is 2.59. The number of carbonyl (C=O) groups excluding carboxylic acids is 1. The Morgan fingerprint density at radius 3 is 1.85 bits per heavy atom. The fourth-order valence-corrected chi connectivity index (χ4v) is 1.89. The monoisotopic (exact) mass is 457 g/mol. The molecule has 0 bridgehead atoms. The maximum absolute atomic E-state index is 11.1. The maximum atomic E-state index is 11.1. The van der Waals surface area contributed by atoms with Gasteiger partial charge in [0.15, 0.2) is 18.5 Å². The SMILES string of the molecule is N=C(OC(C(C=O)OC(=O)O)C(O)C(O)C(O)C(O)C(O)CO)C(Cl)(Cl)Cl. The minimum absolute atomic E-state index is 0.175. The molecule has 0 aliphatic heterocycles. The van der Waals surface area contributed by atoms with Crippen molar-refractivity contribution < 1.29 is 54.8 Å². The highest BCUT2D eigenvalue weighted by atomic mass is 35.6. The molecule has 15 heteroatoms. The summed E-state index contributed by atoms with van der Waals surface area (Å²) in [6.45, 7) is -1.02. The van der Waals surface area contributed by atoms with Crippen molar-refractivity contribution in [2.24, 2.45) is 0 Å². The van der Waals surface area contributed by atoms with Crippen LogP contribution in [-0.2, 0) is 14.3 Å². The van der Waals surface area contributed by atoms with Gasteiger partial charge in [-0.1, -0.05) is 34.8 Å². The molecular weight excluding hydrogens is 440 g/mol. The van der Waals surface area contributed by atoms with Gasteiger partial charge < -0.3 is 45.2 Å². The Kier molecular flexibility index (Phi) is 10.7. The summed E-state index contributed by atoms with van der Waals surface area (Å²) in [5.41, 5.74) is 0. The average molecular weight is 459 g/mol. The highest BCUT2D eigenvalue weighted by molar-refractivity contribution is 6.76. The van der Waals surface area contributed by atoms with Crippen LogP contribution in [-0.4, -0.2) is 107 Å². The quantitative estimate of drug-likeness (QED) is 0.0576. The standard InChI is InChI=1S/C12H18Cl3NO11/c13-12(14,15)10(16)27-9(4(2-18)26-11(24)25)8(23)7(22)6(21)5(20)3(19)1-17/h2-9,16-17,19-23H,1H2,(H,24,25). The second-order valence-corrected chi connectivity index (χ2v) is 7.39. The van der Waals surface area contributed by atoms with Crippen molar-refractivity contribution in [3.8, 4) is 0 Å². The second kappa shape index (κ2) is 11.1. The molecule has 0 heterocycles. The lowest BCUT2D eigenvalue weighted by atomic mass is 9.94. The molecule has 0 saturated heterocycles. The van der Waals surface area contributed by atoms with Gasteiger partial charge in [0.2, 0.25) is 5.90 Å². The number of ether oxygens (including phenoxy) is 2. The van der Waals surface area contributed by atoms with Crippen molar-refractivity contribution in [1.29, 1.82) is 5.41 Å². The van der Waals surface area contributed by atoms with Crippen LogP contribution in [0.3, 0.4) is 0 Å². The number of rotatable bonds is 10. The third-order valence-corrected chi connectivity index (χ3v) is 3.69. The first-order valence-corrected chi connectivity index (χ1v) is 8.09. The number of halogens is 3. The molecular formula is C12H18Cl3NO11. The first-order chi connectivity index (χ1) is 12.3. The molecule has 158 valence electrons. The molecule has 0 fully saturated rings. The van der Waals surface area contributed by atoms with Crippen LogP contribution in [0.2, 0.25) is 0 Å². The van der Waals surface area contributed by atoms with Gasteiger partial charge in [-0.2, -0.15) is 0 Å². The van der Waals surface area contributed by atoms with Crippen LogP contribution < -0.4 is 0 Å². The summed E-state index contributed by atoms with van der Waals surface area (Å²) in [7, 11) is 0. The smallest absolute Gasteiger partial charge is 0.467 e. The molecule has 0 rings (SSSR count). The molecule has 0 aromatic heterocycles. The van der Waals surface area contributed by atoms with E-state index in [0.717, 1.165) is 0 Å². The molecule has 0 aliphatic carbocycles. The summed E-state index contributed by atoms with van der Waals surface area (Å²) in [6.07, 6.45) is -17.7. The Balaban J connectivity index is 5.65. The van der Waals surface area contributed by atoms with Crippen LogP contribution in [0.25, 0.3) is 0 Å². The lowest BCUT2D eigenvalue weighted by molar-refractivity contribution is -0.169. The van der Waals surface area contributed by atoms with Crippen molar-refractivity contribution in [1.82, 2.24) is 0 Å². The molecule has 7 atom stereocenters. The van der Waals surface area contributed by atoms with Crippen molar-refractivity contribution >= 4 is 53.1 Å². The van der Waals surface area contributed by atoms with Gasteiger partial charge in [-0.3, -0.25) is 10.2 Å². The zero-order valence-corrected chi connectivity index (χ0v) is 15.5. The third-order valence-electron chi connectivity index (χ3n) is 3.17. The van der Waals surface area contributed by atoms with Crippen LogP contribution in [0, 0.1) is 5.41 Å². The fraction of sp³-hybridized carbons (Fsp3) is 0.750. The Morgan fingerprint density at radius 2 is 1.48 bits per heavy atom.